The van der Waals surface area contributed by atoms with Crippen LogP contribution < -0.4 is 9.64 Å². The molecular weight excluding hydrogens is 496 g/mol. The molecule has 0 radical (unpaired) electrons. The third-order valence-electron chi connectivity index (χ3n) is 7.64. The highest BCUT2D eigenvalue weighted by Gasteiger charge is 2.78. The van der Waals surface area contributed by atoms with Gasteiger partial charge in [-0.3, -0.25) is 24.4 Å². The zero-order valence-corrected chi connectivity index (χ0v) is 21.6. The zero-order chi connectivity index (χ0) is 25.2. The molecule has 36 heavy (non-hydrogen) atoms. The number of methoxy groups -OCH3 is 1. The summed E-state index contributed by atoms with van der Waals surface area (Å²) in [6.45, 7) is 0.672. The molecule has 2 fully saturated rings. The van der Waals surface area contributed by atoms with Gasteiger partial charge in [0, 0.05) is 43.2 Å². The van der Waals surface area contributed by atoms with Crippen LogP contribution in [0.25, 0.3) is 0 Å². The molecule has 0 aliphatic carbocycles. The molecule has 3 aliphatic heterocycles. The molecular formula is C26H24N4O4S2. The fourth-order valence-corrected chi connectivity index (χ4v) is 8.21. The third kappa shape index (κ3) is 2.80. The summed E-state index contributed by atoms with van der Waals surface area (Å²) in [6.07, 6.45) is 5.06. The summed E-state index contributed by atoms with van der Waals surface area (Å²) < 4.78 is 10.3. The summed E-state index contributed by atoms with van der Waals surface area (Å²) >= 11 is 7.13. The molecule has 2 aromatic heterocycles. The first-order valence-electron chi connectivity index (χ1n) is 11.5. The minimum atomic E-state index is -1.30. The second-order valence-electron chi connectivity index (χ2n) is 9.25. The van der Waals surface area contributed by atoms with Crippen LogP contribution in [0.3, 0.4) is 0 Å². The fraction of sp³-hybridized carbons (Fsp3) is 0.308. The van der Waals surface area contributed by atoms with Crippen molar-refractivity contribution in [2.45, 2.75) is 22.7 Å². The number of thioether (sulfide) groups is 1. The van der Waals surface area contributed by atoms with Crippen molar-refractivity contribution >= 4 is 45.8 Å². The van der Waals surface area contributed by atoms with E-state index in [4.69, 9.17) is 21.4 Å². The fourth-order valence-electron chi connectivity index (χ4n) is 6.08. The van der Waals surface area contributed by atoms with Crippen LogP contribution in [0.2, 0.25) is 0 Å². The normalized spacial score (nSPS) is 27.6. The number of hydrogen-bond donors (Lipinski definition) is 0. The molecule has 3 aliphatic rings. The monoisotopic (exact) mass is 520 g/mol. The maximum Gasteiger partial charge on any atom is 0.254 e. The number of fused-ring (bicyclic) bond motifs is 3. The highest BCUT2D eigenvalue weighted by atomic mass is 32.2. The Labute approximate surface area is 218 Å². The van der Waals surface area contributed by atoms with E-state index in [1.165, 1.54) is 11.8 Å². The van der Waals surface area contributed by atoms with Crippen LogP contribution in [0.1, 0.15) is 22.8 Å². The quantitative estimate of drug-likeness (QED) is 0.485. The Bertz CT molecular complexity index is 1380. The smallest absolute Gasteiger partial charge is 0.254 e. The third-order valence-corrected chi connectivity index (χ3v) is 9.58. The van der Waals surface area contributed by atoms with Gasteiger partial charge in [-0.2, -0.15) is 0 Å². The molecule has 3 atom stereocenters. The standard InChI is InChI=1S/C26H24N4O4S2/c1-28-15-20(16-6-4-10-27-13-16)26(23(32)30(24(35)36-26)14-18-7-5-11-34-18)25(28)19-12-17(33-3)8-9-21(19)29(2)22(25)31/h4-13,20H,14-15H2,1-3H3/t20-,25-,26-/m1/s1. The number of likely N-dealkylation sites (N-methyl/N-ethyl adjacent to an activating group) is 2. The maximum atomic E-state index is 14.7. The molecule has 5 heterocycles. The van der Waals surface area contributed by atoms with Crippen LogP contribution >= 0.6 is 24.0 Å². The van der Waals surface area contributed by atoms with Crippen molar-refractivity contribution < 1.29 is 18.7 Å². The van der Waals surface area contributed by atoms with E-state index >= 15 is 0 Å². The molecule has 0 saturated carbocycles. The van der Waals surface area contributed by atoms with Crippen molar-refractivity contribution in [2.75, 3.05) is 32.6 Å². The summed E-state index contributed by atoms with van der Waals surface area (Å²) in [5, 5.41) is 0. The lowest BCUT2D eigenvalue weighted by Gasteiger charge is -2.42. The van der Waals surface area contributed by atoms with Gasteiger partial charge in [0.1, 0.15) is 20.6 Å². The molecule has 8 nitrogen and oxygen atoms in total. The number of pyridine rings is 1. The average Bonchev–Trinajstić information content (AvgIpc) is 3.61. The number of anilines is 1. The van der Waals surface area contributed by atoms with Crippen LogP contribution in [0.15, 0.2) is 65.5 Å². The molecule has 3 aromatic rings. The minimum absolute atomic E-state index is 0.164. The van der Waals surface area contributed by atoms with Crippen LogP contribution in [-0.2, 0) is 21.7 Å². The Morgan fingerprint density at radius 2 is 2.03 bits per heavy atom. The molecule has 0 N–H and O–H groups in total. The van der Waals surface area contributed by atoms with Gasteiger partial charge in [0.25, 0.3) is 5.91 Å². The number of ether oxygens (including phenoxy) is 1. The van der Waals surface area contributed by atoms with E-state index in [1.54, 1.807) is 48.7 Å². The van der Waals surface area contributed by atoms with Gasteiger partial charge in [0.2, 0.25) is 5.91 Å². The summed E-state index contributed by atoms with van der Waals surface area (Å²) in [6, 6.07) is 13.0. The molecule has 1 aromatic carbocycles. The molecule has 10 heteroatoms. The van der Waals surface area contributed by atoms with Gasteiger partial charge in [0.05, 0.1) is 19.9 Å². The lowest BCUT2D eigenvalue weighted by molar-refractivity contribution is -0.139. The number of nitrogens with zero attached hydrogens (tertiary/aromatic N) is 4. The second kappa shape index (κ2) is 8.16. The van der Waals surface area contributed by atoms with Crippen LogP contribution in [-0.4, -0.2) is 63.4 Å². The van der Waals surface area contributed by atoms with Gasteiger partial charge in [-0.1, -0.05) is 30.0 Å². The average molecular weight is 521 g/mol. The highest BCUT2D eigenvalue weighted by molar-refractivity contribution is 8.25. The molecule has 2 spiro atoms. The predicted octanol–water partition coefficient (Wildman–Crippen LogP) is 3.38. The van der Waals surface area contributed by atoms with E-state index in [2.05, 4.69) is 4.98 Å². The second-order valence-corrected chi connectivity index (χ2v) is 11.1. The molecule has 2 saturated heterocycles. The van der Waals surface area contributed by atoms with Crippen molar-refractivity contribution in [2.24, 2.45) is 0 Å². The van der Waals surface area contributed by atoms with Gasteiger partial charge in [0.15, 0.2) is 5.54 Å². The largest absolute Gasteiger partial charge is 0.497 e. The van der Waals surface area contributed by atoms with E-state index in [0.717, 1.165) is 16.8 Å². The predicted molar refractivity (Wildman–Crippen MR) is 140 cm³/mol. The molecule has 0 unspecified atom stereocenters. The Kier molecular flexibility index (Phi) is 5.26. The number of carbonyl (C=O) groups excluding carboxylic acids is 2. The van der Waals surface area contributed by atoms with Crippen molar-refractivity contribution in [3.8, 4) is 5.75 Å². The van der Waals surface area contributed by atoms with Gasteiger partial charge in [-0.05, 0) is 49.0 Å². The molecule has 184 valence electrons. The Morgan fingerprint density at radius 3 is 2.72 bits per heavy atom. The number of furan rings is 1. The number of aromatic nitrogens is 1. The van der Waals surface area contributed by atoms with Gasteiger partial charge in [-0.25, -0.2) is 0 Å². The first kappa shape index (κ1) is 23.2. The zero-order valence-electron chi connectivity index (χ0n) is 20.0. The highest BCUT2D eigenvalue weighted by Crippen LogP contribution is 2.66. The maximum absolute atomic E-state index is 14.7. The molecule has 2 amide bonds. The van der Waals surface area contributed by atoms with Gasteiger partial charge in [-0.15, -0.1) is 0 Å². The topological polar surface area (TPSA) is 79.1 Å². The van der Waals surface area contributed by atoms with Crippen molar-refractivity contribution in [1.29, 1.82) is 0 Å². The van der Waals surface area contributed by atoms with Crippen molar-refractivity contribution in [3.05, 3.63) is 78.0 Å². The summed E-state index contributed by atoms with van der Waals surface area (Å²) in [5.41, 5.74) is 1.08. The number of carbonyl (C=O) groups is 2. The Balaban J connectivity index is 1.62. The summed E-state index contributed by atoms with van der Waals surface area (Å²) in [5.74, 6) is 0.532. The first-order chi connectivity index (χ1) is 17.4. The molecule has 6 rings (SSSR count). The number of rotatable bonds is 4. The van der Waals surface area contributed by atoms with E-state index in [0.29, 0.717) is 22.4 Å². The van der Waals surface area contributed by atoms with Crippen molar-refractivity contribution in [1.82, 2.24) is 14.8 Å². The van der Waals surface area contributed by atoms with E-state index in [-0.39, 0.29) is 24.3 Å². The summed E-state index contributed by atoms with van der Waals surface area (Å²) in [7, 11) is 5.26. The van der Waals surface area contributed by atoms with Crippen LogP contribution in [0, 0.1) is 0 Å². The van der Waals surface area contributed by atoms with Gasteiger partial charge < -0.3 is 14.1 Å². The molecule has 0 bridgehead atoms. The van der Waals surface area contributed by atoms with Crippen LogP contribution in [0.5, 0.6) is 5.75 Å². The van der Waals surface area contributed by atoms with Crippen molar-refractivity contribution in [3.63, 3.8) is 0 Å². The Morgan fingerprint density at radius 1 is 1.19 bits per heavy atom. The lowest BCUT2D eigenvalue weighted by Crippen LogP contribution is -2.62. The number of hydrogen-bond acceptors (Lipinski definition) is 8. The lowest BCUT2D eigenvalue weighted by atomic mass is 9.72. The number of amides is 2. The number of benzene rings is 1. The number of likely N-dealkylation sites (tertiary alicyclic amines) is 1. The SMILES string of the molecule is COc1ccc2c(c1)[C@]1(C(=O)N2C)N(C)C[C@H](c2cccnc2)[C@]12SC(=S)N(Cc1ccco1)C2=O. The van der Waals surface area contributed by atoms with Gasteiger partial charge >= 0.3 is 0 Å². The van der Waals surface area contributed by atoms with E-state index in [1.807, 2.05) is 48.3 Å². The van der Waals surface area contributed by atoms with E-state index < -0.39 is 10.3 Å². The van der Waals surface area contributed by atoms with Crippen LogP contribution in [0.4, 0.5) is 5.69 Å². The number of thiocarbonyl (C=S) groups is 1. The van der Waals surface area contributed by atoms with E-state index in [9.17, 15) is 9.59 Å². The summed E-state index contributed by atoms with van der Waals surface area (Å²) in [4.78, 5) is 38.7. The minimum Gasteiger partial charge on any atom is -0.497 e. The first-order valence-corrected chi connectivity index (χ1v) is 12.7. The Hall–Kier alpha value is -3.21.